The van der Waals surface area contributed by atoms with E-state index in [1.165, 1.54) is 4.90 Å². The lowest BCUT2D eigenvalue weighted by Gasteiger charge is -2.12. The van der Waals surface area contributed by atoms with Gasteiger partial charge in [-0.3, -0.25) is 4.79 Å². The van der Waals surface area contributed by atoms with Crippen LogP contribution in [0.25, 0.3) is 0 Å². The van der Waals surface area contributed by atoms with Gasteiger partial charge < -0.3 is 15.0 Å². The van der Waals surface area contributed by atoms with Gasteiger partial charge in [-0.1, -0.05) is 11.6 Å². The second-order valence-corrected chi connectivity index (χ2v) is 4.13. The van der Waals surface area contributed by atoms with E-state index in [1.54, 1.807) is 26.2 Å². The number of anilines is 1. The van der Waals surface area contributed by atoms with Crippen molar-refractivity contribution in [2.24, 2.45) is 0 Å². The van der Waals surface area contributed by atoms with E-state index in [2.05, 4.69) is 5.32 Å². The van der Waals surface area contributed by atoms with Crippen molar-refractivity contribution in [1.29, 1.82) is 0 Å². The molecule has 1 amide bonds. The lowest BCUT2D eigenvalue weighted by Crippen LogP contribution is -2.28. The summed E-state index contributed by atoms with van der Waals surface area (Å²) in [6.07, 6.45) is 0. The van der Waals surface area contributed by atoms with E-state index in [0.29, 0.717) is 17.4 Å². The highest BCUT2D eigenvalue weighted by atomic mass is 35.5. The van der Waals surface area contributed by atoms with Crippen molar-refractivity contribution in [3.05, 3.63) is 23.2 Å². The molecule has 1 N–H and O–H groups in total. The van der Waals surface area contributed by atoms with Crippen molar-refractivity contribution >= 4 is 23.2 Å². The van der Waals surface area contributed by atoms with Crippen LogP contribution in [0.1, 0.15) is 6.92 Å². The Bertz CT molecular complexity index is 394. The first-order valence-corrected chi connectivity index (χ1v) is 5.78. The standard InChI is InChI=1S/C12H17ClN2O2/c1-4-17-11-6-5-9(7-10(11)13)14-8-12(16)15(2)3/h5-7,14H,4,8H2,1-3H3. The van der Waals surface area contributed by atoms with Gasteiger partial charge in [-0.05, 0) is 25.1 Å². The molecule has 0 radical (unpaired) electrons. The molecule has 1 aromatic carbocycles. The number of halogens is 1. The Labute approximate surface area is 107 Å². The maximum Gasteiger partial charge on any atom is 0.241 e. The molecule has 0 aromatic heterocycles. The summed E-state index contributed by atoms with van der Waals surface area (Å²) in [5.41, 5.74) is 0.800. The molecule has 5 heteroatoms. The number of benzene rings is 1. The molecule has 0 heterocycles. The average molecular weight is 257 g/mol. The van der Waals surface area contributed by atoms with Crippen LogP contribution in [0.15, 0.2) is 18.2 Å². The molecule has 4 nitrogen and oxygen atoms in total. The molecular formula is C12H17ClN2O2. The Hall–Kier alpha value is -1.42. The molecule has 0 bridgehead atoms. The predicted molar refractivity (Wildman–Crippen MR) is 69.8 cm³/mol. The molecule has 0 aliphatic carbocycles. The van der Waals surface area contributed by atoms with E-state index in [1.807, 2.05) is 13.0 Å². The van der Waals surface area contributed by atoms with Crippen molar-refractivity contribution in [1.82, 2.24) is 4.90 Å². The Kier molecular flexibility index (Phi) is 5.10. The molecule has 94 valence electrons. The minimum absolute atomic E-state index is 0.00927. The van der Waals surface area contributed by atoms with Crippen LogP contribution in [0, 0.1) is 0 Å². The van der Waals surface area contributed by atoms with Gasteiger partial charge >= 0.3 is 0 Å². The summed E-state index contributed by atoms with van der Waals surface area (Å²) in [5.74, 6) is 0.661. The normalized spacial score (nSPS) is 9.88. The summed E-state index contributed by atoms with van der Waals surface area (Å²) in [6.45, 7) is 2.72. The zero-order valence-corrected chi connectivity index (χ0v) is 11.0. The van der Waals surface area contributed by atoms with Crippen LogP contribution in [0.4, 0.5) is 5.69 Å². The quantitative estimate of drug-likeness (QED) is 0.879. The lowest BCUT2D eigenvalue weighted by atomic mass is 10.3. The van der Waals surface area contributed by atoms with Crippen LogP contribution in [0.5, 0.6) is 5.75 Å². The number of carbonyl (C=O) groups excluding carboxylic acids is 1. The van der Waals surface area contributed by atoms with Crippen LogP contribution < -0.4 is 10.1 Å². The van der Waals surface area contributed by atoms with Gasteiger partial charge in [-0.15, -0.1) is 0 Å². The zero-order valence-electron chi connectivity index (χ0n) is 10.3. The number of nitrogens with zero attached hydrogens (tertiary/aromatic N) is 1. The van der Waals surface area contributed by atoms with Crippen LogP contribution in [0.2, 0.25) is 5.02 Å². The predicted octanol–water partition coefficient (Wildman–Crippen LogP) is 2.24. The first-order chi connectivity index (χ1) is 8.04. The van der Waals surface area contributed by atoms with Gasteiger partial charge in [0.15, 0.2) is 0 Å². The van der Waals surface area contributed by atoms with E-state index >= 15 is 0 Å². The second-order valence-electron chi connectivity index (χ2n) is 3.72. The summed E-state index contributed by atoms with van der Waals surface area (Å²) < 4.78 is 5.32. The summed E-state index contributed by atoms with van der Waals surface area (Å²) in [4.78, 5) is 12.9. The highest BCUT2D eigenvalue weighted by Gasteiger charge is 2.05. The van der Waals surface area contributed by atoms with Gasteiger partial charge in [-0.25, -0.2) is 0 Å². The van der Waals surface area contributed by atoms with Crippen molar-refractivity contribution in [3.63, 3.8) is 0 Å². The number of amides is 1. The van der Waals surface area contributed by atoms with Crippen molar-refractivity contribution in [2.75, 3.05) is 32.6 Å². The highest BCUT2D eigenvalue weighted by molar-refractivity contribution is 6.32. The number of ether oxygens (including phenoxy) is 1. The molecule has 0 saturated heterocycles. The molecular weight excluding hydrogens is 240 g/mol. The number of hydrogen-bond acceptors (Lipinski definition) is 3. The molecule has 1 aromatic rings. The van der Waals surface area contributed by atoms with Crippen molar-refractivity contribution in [2.45, 2.75) is 6.92 Å². The maximum atomic E-state index is 11.4. The fourth-order valence-corrected chi connectivity index (χ4v) is 1.45. The largest absolute Gasteiger partial charge is 0.492 e. The van der Waals surface area contributed by atoms with E-state index in [-0.39, 0.29) is 12.5 Å². The summed E-state index contributed by atoms with van der Waals surface area (Å²) in [7, 11) is 3.43. The third-order valence-corrected chi connectivity index (χ3v) is 2.47. The van der Waals surface area contributed by atoms with Crippen LogP contribution >= 0.6 is 11.6 Å². The molecule has 0 atom stereocenters. The third kappa shape index (κ3) is 4.15. The van der Waals surface area contributed by atoms with E-state index in [9.17, 15) is 4.79 Å². The van der Waals surface area contributed by atoms with Crippen LogP contribution in [0.3, 0.4) is 0 Å². The topological polar surface area (TPSA) is 41.6 Å². The first kappa shape index (κ1) is 13.6. The molecule has 0 saturated carbocycles. The number of nitrogens with one attached hydrogen (secondary N) is 1. The van der Waals surface area contributed by atoms with Crippen molar-refractivity contribution < 1.29 is 9.53 Å². The van der Waals surface area contributed by atoms with Crippen LogP contribution in [-0.4, -0.2) is 38.1 Å². The number of hydrogen-bond donors (Lipinski definition) is 1. The fraction of sp³-hybridized carbons (Fsp3) is 0.417. The fourth-order valence-electron chi connectivity index (χ4n) is 1.22. The van der Waals surface area contributed by atoms with Gasteiger partial charge in [0, 0.05) is 19.8 Å². The molecule has 0 unspecified atom stereocenters. The zero-order chi connectivity index (χ0) is 12.8. The highest BCUT2D eigenvalue weighted by Crippen LogP contribution is 2.27. The Morgan fingerprint density at radius 3 is 2.71 bits per heavy atom. The number of rotatable bonds is 5. The van der Waals surface area contributed by atoms with E-state index in [4.69, 9.17) is 16.3 Å². The minimum Gasteiger partial charge on any atom is -0.492 e. The smallest absolute Gasteiger partial charge is 0.241 e. The summed E-state index contributed by atoms with van der Waals surface area (Å²) >= 11 is 6.03. The maximum absolute atomic E-state index is 11.4. The van der Waals surface area contributed by atoms with E-state index in [0.717, 1.165) is 5.69 Å². The molecule has 1 rings (SSSR count). The summed E-state index contributed by atoms with van der Waals surface area (Å²) in [5, 5.41) is 3.54. The van der Waals surface area contributed by atoms with Gasteiger partial charge in [0.1, 0.15) is 5.75 Å². The molecule has 0 aliphatic heterocycles. The Morgan fingerprint density at radius 1 is 1.47 bits per heavy atom. The SMILES string of the molecule is CCOc1ccc(NCC(=O)N(C)C)cc1Cl. The van der Waals surface area contributed by atoms with Gasteiger partial charge in [0.25, 0.3) is 0 Å². The Morgan fingerprint density at radius 2 is 2.18 bits per heavy atom. The molecule has 0 spiro atoms. The number of carbonyl (C=O) groups is 1. The van der Waals surface area contributed by atoms with Gasteiger partial charge in [0.2, 0.25) is 5.91 Å². The average Bonchev–Trinajstić information content (AvgIpc) is 2.29. The number of likely N-dealkylation sites (N-methyl/N-ethyl adjacent to an activating group) is 1. The lowest BCUT2D eigenvalue weighted by molar-refractivity contribution is -0.126. The third-order valence-electron chi connectivity index (χ3n) is 2.17. The van der Waals surface area contributed by atoms with Crippen LogP contribution in [-0.2, 0) is 4.79 Å². The first-order valence-electron chi connectivity index (χ1n) is 5.41. The van der Waals surface area contributed by atoms with Crippen molar-refractivity contribution in [3.8, 4) is 5.75 Å². The molecule has 0 fully saturated rings. The molecule has 17 heavy (non-hydrogen) atoms. The Balaban J connectivity index is 2.61. The minimum atomic E-state index is 0.00927. The van der Waals surface area contributed by atoms with E-state index < -0.39 is 0 Å². The summed E-state index contributed by atoms with van der Waals surface area (Å²) in [6, 6.07) is 5.36. The second kappa shape index (κ2) is 6.35. The van der Waals surface area contributed by atoms with Gasteiger partial charge in [-0.2, -0.15) is 0 Å². The molecule has 0 aliphatic rings. The van der Waals surface area contributed by atoms with Gasteiger partial charge in [0.05, 0.1) is 18.2 Å². The monoisotopic (exact) mass is 256 g/mol.